The van der Waals surface area contributed by atoms with Crippen molar-refractivity contribution in [3.8, 4) is 0 Å². The smallest absolute Gasteiger partial charge is 0.243 e. The van der Waals surface area contributed by atoms with E-state index >= 15 is 0 Å². The van der Waals surface area contributed by atoms with Gasteiger partial charge in [0.2, 0.25) is 29.5 Å². The summed E-state index contributed by atoms with van der Waals surface area (Å²) >= 11 is 1.51. The summed E-state index contributed by atoms with van der Waals surface area (Å²) in [6.07, 6.45) is 5.27. The molecule has 8 unspecified atom stereocenters. The molecule has 0 aliphatic carbocycles. The van der Waals surface area contributed by atoms with Crippen molar-refractivity contribution in [2.75, 3.05) is 0 Å². The molecule has 0 spiro atoms. The fraction of sp³-hybridized carbons (Fsp3) is 0.542. The summed E-state index contributed by atoms with van der Waals surface area (Å²) in [7, 11) is 0. The Hall–Kier alpha value is -5.19. The molecule has 4 aromatic rings. The molecule has 15 nitrogen and oxygen atoms in total. The van der Waals surface area contributed by atoms with Gasteiger partial charge >= 0.3 is 0 Å². The second-order valence-electron chi connectivity index (χ2n) is 19.2. The van der Waals surface area contributed by atoms with Gasteiger partial charge in [-0.3, -0.25) is 29.3 Å². The number of para-hydroxylation sites is 2. The number of hydrogen-bond donors (Lipinski definition) is 9. The number of hydrogen-bond acceptors (Lipinski definition) is 9. The molecular formula is C48H69N9O6S. The van der Waals surface area contributed by atoms with Crippen LogP contribution in [0.3, 0.4) is 0 Å². The van der Waals surface area contributed by atoms with Crippen LogP contribution in [0.1, 0.15) is 86.8 Å². The van der Waals surface area contributed by atoms with Crippen molar-refractivity contribution in [1.82, 2.24) is 41.9 Å². The molecule has 348 valence electrons. The monoisotopic (exact) mass is 900 g/mol. The molecule has 8 atom stereocenters. The highest BCUT2D eigenvalue weighted by Crippen LogP contribution is 2.40. The van der Waals surface area contributed by atoms with Crippen molar-refractivity contribution in [2.45, 2.75) is 141 Å². The van der Waals surface area contributed by atoms with E-state index in [1.165, 1.54) is 11.8 Å². The molecule has 1 saturated heterocycles. The Morgan fingerprint density at radius 3 is 1.75 bits per heavy atom. The Kier molecular flexibility index (Phi) is 16.9. The first-order chi connectivity index (χ1) is 30.2. The zero-order valence-electron chi connectivity index (χ0n) is 38.8. The zero-order valence-corrected chi connectivity index (χ0v) is 39.7. The van der Waals surface area contributed by atoms with Crippen LogP contribution >= 0.6 is 11.8 Å². The lowest BCUT2D eigenvalue weighted by Gasteiger charge is -2.31. The number of aldehydes is 1. The van der Waals surface area contributed by atoms with E-state index in [1.807, 2.05) is 130 Å². The van der Waals surface area contributed by atoms with Crippen LogP contribution in [-0.4, -0.2) is 98.2 Å². The van der Waals surface area contributed by atoms with Crippen LogP contribution in [0.15, 0.2) is 60.9 Å². The predicted octanol–water partition coefficient (Wildman–Crippen LogP) is 4.21. The number of thioether (sulfide) groups is 1. The number of nitrogens with one attached hydrogen (secondary N) is 8. The maximum Gasteiger partial charge on any atom is 0.243 e. The first-order valence-corrected chi connectivity index (χ1v) is 23.3. The summed E-state index contributed by atoms with van der Waals surface area (Å²) in [4.78, 5) is 88.4. The number of rotatable bonds is 21. The van der Waals surface area contributed by atoms with Crippen LogP contribution in [0.4, 0.5) is 0 Å². The van der Waals surface area contributed by atoms with Crippen LogP contribution in [0.25, 0.3) is 21.8 Å². The van der Waals surface area contributed by atoms with E-state index in [1.54, 1.807) is 0 Å². The normalized spacial score (nSPS) is 19.0. The van der Waals surface area contributed by atoms with Gasteiger partial charge in [0.05, 0.1) is 23.5 Å². The molecule has 2 aromatic heterocycles. The van der Waals surface area contributed by atoms with Crippen molar-refractivity contribution in [2.24, 2.45) is 29.4 Å². The van der Waals surface area contributed by atoms with Gasteiger partial charge in [0.25, 0.3) is 0 Å². The lowest BCUT2D eigenvalue weighted by molar-refractivity contribution is -0.133. The quantitative estimate of drug-likeness (QED) is 0.0545. The van der Waals surface area contributed by atoms with E-state index in [4.69, 9.17) is 5.73 Å². The van der Waals surface area contributed by atoms with Gasteiger partial charge < -0.3 is 47.1 Å². The number of fused-ring (bicyclic) bond motifs is 2. The third kappa shape index (κ3) is 12.3. The average Bonchev–Trinajstić information content (AvgIpc) is 3.93. The lowest BCUT2D eigenvalue weighted by Crippen LogP contribution is -2.61. The number of carbonyl (C=O) groups is 6. The van der Waals surface area contributed by atoms with Crippen LogP contribution < -0.4 is 37.6 Å². The number of aromatic amines is 2. The molecule has 0 saturated carbocycles. The maximum atomic E-state index is 14.6. The Morgan fingerprint density at radius 2 is 1.22 bits per heavy atom. The molecule has 5 amide bonds. The highest BCUT2D eigenvalue weighted by atomic mass is 32.2. The minimum atomic E-state index is -1.04. The first-order valence-electron chi connectivity index (χ1n) is 22.5. The van der Waals surface area contributed by atoms with Crippen molar-refractivity contribution in [3.05, 3.63) is 72.1 Å². The third-order valence-electron chi connectivity index (χ3n) is 12.0. The Morgan fingerprint density at radius 1 is 0.688 bits per heavy atom. The van der Waals surface area contributed by atoms with Crippen molar-refractivity contribution in [3.63, 3.8) is 0 Å². The van der Waals surface area contributed by atoms with Gasteiger partial charge in [0, 0.05) is 51.8 Å². The van der Waals surface area contributed by atoms with E-state index in [0.29, 0.717) is 12.7 Å². The summed E-state index contributed by atoms with van der Waals surface area (Å²) in [5.41, 5.74) is 9.72. The van der Waals surface area contributed by atoms with Crippen molar-refractivity contribution >= 4 is 69.4 Å². The SMILES string of the molecule is CC(C)CC(N)C(=O)NC(C(=O)NC(Cc1c[nH]c2ccccc12)C(=O)NC(C(C)C)C1NC(C(=O)NC(C(=O)NC(C=O)Cc2c[nH]c3ccccc23)C(C)C)C(C)(C)S1)C(C)C. The van der Waals surface area contributed by atoms with Gasteiger partial charge in [-0.2, -0.15) is 0 Å². The van der Waals surface area contributed by atoms with E-state index in [9.17, 15) is 28.8 Å². The molecule has 0 radical (unpaired) electrons. The van der Waals surface area contributed by atoms with Crippen LogP contribution in [-0.2, 0) is 41.6 Å². The Bertz CT molecular complexity index is 2270. The predicted molar refractivity (Wildman–Crippen MR) is 254 cm³/mol. The van der Waals surface area contributed by atoms with Gasteiger partial charge in [-0.1, -0.05) is 91.8 Å². The van der Waals surface area contributed by atoms with Gasteiger partial charge in [0.15, 0.2) is 0 Å². The molecule has 10 N–H and O–H groups in total. The average molecular weight is 900 g/mol. The second kappa shape index (κ2) is 21.7. The number of carbonyl (C=O) groups excluding carboxylic acids is 6. The molecule has 1 fully saturated rings. The fourth-order valence-electron chi connectivity index (χ4n) is 8.34. The summed E-state index contributed by atoms with van der Waals surface area (Å²) in [5, 5.41) is 19.7. The molecule has 2 aromatic carbocycles. The molecule has 1 aliphatic heterocycles. The molecule has 3 heterocycles. The molecule has 5 rings (SSSR count). The number of benzene rings is 2. The number of nitrogens with two attached hydrogens (primary N) is 1. The topological polar surface area (TPSA) is 232 Å². The Balaban J connectivity index is 1.31. The number of aromatic nitrogens is 2. The second-order valence-corrected chi connectivity index (χ2v) is 21.0. The van der Waals surface area contributed by atoms with Crippen LogP contribution in [0.5, 0.6) is 0 Å². The van der Waals surface area contributed by atoms with Gasteiger partial charge in [-0.05, 0) is 67.2 Å². The van der Waals surface area contributed by atoms with Gasteiger partial charge in [-0.15, -0.1) is 11.8 Å². The van der Waals surface area contributed by atoms with Crippen LogP contribution in [0.2, 0.25) is 0 Å². The van der Waals surface area contributed by atoms with E-state index in [0.717, 1.165) is 32.9 Å². The standard InChI is InChI=1S/C48H69N9O6S/c1-25(2)19-34(49)42(59)54-39(27(5)6)45(62)53-37(21-30-23-51-36-18-14-12-16-33(30)36)43(60)56-40(28(7)8)47-57-41(48(9,10)64-47)46(63)55-38(26(3)4)44(61)52-31(24-58)20-29-22-50-35-17-13-11-15-32(29)35/h11-18,22-28,31,34,37-41,47,50-51,57H,19-21,49H2,1-10H3,(H,52,61)(H,53,62)(H,54,59)(H,55,63)(H,56,60). The zero-order chi connectivity index (χ0) is 47.0. The molecular weight excluding hydrogens is 831 g/mol. The van der Waals surface area contributed by atoms with Gasteiger partial charge in [0.1, 0.15) is 30.5 Å². The Labute approximate surface area is 381 Å². The van der Waals surface area contributed by atoms with E-state index in [-0.39, 0.29) is 42.4 Å². The molecule has 64 heavy (non-hydrogen) atoms. The largest absolute Gasteiger partial charge is 0.361 e. The minimum Gasteiger partial charge on any atom is -0.361 e. The lowest BCUT2D eigenvalue weighted by atomic mass is 9.97. The van der Waals surface area contributed by atoms with Gasteiger partial charge in [-0.25, -0.2) is 0 Å². The number of amides is 5. The van der Waals surface area contributed by atoms with Crippen LogP contribution in [0, 0.1) is 23.7 Å². The van der Waals surface area contributed by atoms with Crippen molar-refractivity contribution < 1.29 is 28.8 Å². The highest BCUT2D eigenvalue weighted by molar-refractivity contribution is 8.01. The maximum absolute atomic E-state index is 14.6. The third-order valence-corrected chi connectivity index (χ3v) is 13.5. The van der Waals surface area contributed by atoms with Crippen molar-refractivity contribution in [1.29, 1.82) is 0 Å². The summed E-state index contributed by atoms with van der Waals surface area (Å²) in [5.74, 6) is -2.76. The number of H-pyrrole nitrogens is 2. The first kappa shape index (κ1) is 49.8. The van der Waals surface area contributed by atoms with E-state index in [2.05, 4.69) is 41.9 Å². The van der Waals surface area contributed by atoms with E-state index < -0.39 is 76.0 Å². The highest BCUT2D eigenvalue weighted by Gasteiger charge is 2.49. The molecule has 0 bridgehead atoms. The fourth-order valence-corrected chi connectivity index (χ4v) is 10.0. The summed E-state index contributed by atoms with van der Waals surface area (Å²) in [6, 6.07) is 9.67. The minimum absolute atomic E-state index is 0.118. The summed E-state index contributed by atoms with van der Waals surface area (Å²) in [6.45, 7) is 19.1. The molecule has 16 heteroatoms. The molecule has 1 aliphatic rings. The summed E-state index contributed by atoms with van der Waals surface area (Å²) < 4.78 is -0.679.